The van der Waals surface area contributed by atoms with Crippen LogP contribution in [-0.4, -0.2) is 47.5 Å². The molecule has 3 rings (SSSR count). The van der Waals surface area contributed by atoms with E-state index in [1.807, 2.05) is 0 Å². The zero-order chi connectivity index (χ0) is 21.2. The standard InChI is InChI=1S/C19H20ClN5O3S/c1-13-22-18(23-25(13)16-8-6-15(20)7-9-16)19(26)21-12-14-4-10-17(11-5-14)29(27,28)24(2)3/h4-11H,12H2,1-3H3,(H,21,26). The summed E-state index contributed by atoms with van der Waals surface area (Å²) in [6, 6.07) is 13.4. The molecule has 3 aromatic rings. The second-order valence-corrected chi connectivity index (χ2v) is 9.07. The molecule has 2 aromatic carbocycles. The molecule has 1 amide bonds. The van der Waals surface area contributed by atoms with Gasteiger partial charge in [-0.15, -0.1) is 5.10 Å². The topological polar surface area (TPSA) is 97.2 Å². The van der Waals surface area contributed by atoms with Gasteiger partial charge < -0.3 is 5.32 Å². The Morgan fingerprint density at radius 2 is 1.72 bits per heavy atom. The number of aryl methyl sites for hydroxylation is 1. The third kappa shape index (κ3) is 4.64. The normalized spacial score (nSPS) is 11.6. The molecule has 0 radical (unpaired) electrons. The molecule has 0 unspecified atom stereocenters. The van der Waals surface area contributed by atoms with Crippen molar-refractivity contribution in [2.75, 3.05) is 14.1 Å². The van der Waals surface area contributed by atoms with E-state index in [1.165, 1.54) is 26.2 Å². The van der Waals surface area contributed by atoms with E-state index in [-0.39, 0.29) is 17.3 Å². The minimum Gasteiger partial charge on any atom is -0.345 e. The lowest BCUT2D eigenvalue weighted by molar-refractivity contribution is 0.0940. The number of sulfonamides is 1. The fraction of sp³-hybridized carbons (Fsp3) is 0.211. The van der Waals surface area contributed by atoms with Crippen molar-refractivity contribution in [2.24, 2.45) is 0 Å². The molecule has 0 aliphatic rings. The summed E-state index contributed by atoms with van der Waals surface area (Å²) in [6.07, 6.45) is 0. The van der Waals surface area contributed by atoms with Gasteiger partial charge >= 0.3 is 0 Å². The van der Waals surface area contributed by atoms with Gasteiger partial charge in [0.15, 0.2) is 0 Å². The van der Waals surface area contributed by atoms with Crippen molar-refractivity contribution < 1.29 is 13.2 Å². The van der Waals surface area contributed by atoms with Crippen molar-refractivity contribution in [2.45, 2.75) is 18.4 Å². The van der Waals surface area contributed by atoms with E-state index in [0.717, 1.165) is 15.6 Å². The Morgan fingerprint density at radius 3 is 2.31 bits per heavy atom. The molecule has 0 saturated carbocycles. The molecule has 1 heterocycles. The summed E-state index contributed by atoms with van der Waals surface area (Å²) in [5.74, 6) is 0.186. The lowest BCUT2D eigenvalue weighted by Crippen LogP contribution is -2.24. The number of amides is 1. The first-order valence-electron chi connectivity index (χ1n) is 8.68. The monoisotopic (exact) mass is 433 g/mol. The number of halogens is 1. The van der Waals surface area contributed by atoms with Gasteiger partial charge in [-0.25, -0.2) is 22.4 Å². The largest absolute Gasteiger partial charge is 0.345 e. The zero-order valence-corrected chi connectivity index (χ0v) is 17.7. The van der Waals surface area contributed by atoms with Gasteiger partial charge in [0, 0.05) is 25.7 Å². The highest BCUT2D eigenvalue weighted by atomic mass is 35.5. The second kappa shape index (κ2) is 8.32. The molecule has 0 atom stereocenters. The first kappa shape index (κ1) is 21.0. The van der Waals surface area contributed by atoms with Gasteiger partial charge in [0.05, 0.1) is 10.6 Å². The van der Waals surface area contributed by atoms with E-state index in [9.17, 15) is 13.2 Å². The Labute approximate surface area is 174 Å². The van der Waals surface area contributed by atoms with Crippen LogP contribution in [-0.2, 0) is 16.6 Å². The molecule has 0 spiro atoms. The molecule has 0 saturated heterocycles. The fourth-order valence-electron chi connectivity index (χ4n) is 2.56. The van der Waals surface area contributed by atoms with Gasteiger partial charge in [-0.2, -0.15) is 0 Å². The summed E-state index contributed by atoms with van der Waals surface area (Å²) in [6.45, 7) is 1.97. The van der Waals surface area contributed by atoms with E-state index in [2.05, 4.69) is 15.4 Å². The zero-order valence-electron chi connectivity index (χ0n) is 16.1. The van der Waals surface area contributed by atoms with Crippen LogP contribution in [0.3, 0.4) is 0 Å². The molecular formula is C19H20ClN5O3S. The maximum Gasteiger partial charge on any atom is 0.291 e. The molecule has 0 aliphatic heterocycles. The molecule has 29 heavy (non-hydrogen) atoms. The first-order valence-corrected chi connectivity index (χ1v) is 10.5. The van der Waals surface area contributed by atoms with Crippen LogP contribution in [0.5, 0.6) is 0 Å². The smallest absolute Gasteiger partial charge is 0.291 e. The second-order valence-electron chi connectivity index (χ2n) is 6.48. The highest BCUT2D eigenvalue weighted by Crippen LogP contribution is 2.15. The van der Waals surface area contributed by atoms with E-state index >= 15 is 0 Å². The summed E-state index contributed by atoms with van der Waals surface area (Å²) in [5, 5.41) is 7.60. The fourth-order valence-corrected chi connectivity index (χ4v) is 3.59. The van der Waals surface area contributed by atoms with Gasteiger partial charge in [-0.3, -0.25) is 4.79 Å². The molecule has 0 aliphatic carbocycles. The minimum atomic E-state index is -3.48. The average Bonchev–Trinajstić information content (AvgIpc) is 3.08. The van der Waals surface area contributed by atoms with Crippen LogP contribution >= 0.6 is 11.6 Å². The third-order valence-corrected chi connectivity index (χ3v) is 6.28. The highest BCUT2D eigenvalue weighted by molar-refractivity contribution is 7.89. The quantitative estimate of drug-likeness (QED) is 0.643. The van der Waals surface area contributed by atoms with Crippen molar-refractivity contribution in [1.29, 1.82) is 0 Å². The minimum absolute atomic E-state index is 0.0456. The maximum absolute atomic E-state index is 12.4. The molecule has 1 N–H and O–H groups in total. The van der Waals surface area contributed by atoms with Gasteiger partial charge in [0.25, 0.3) is 5.91 Å². The predicted octanol–water partition coefficient (Wildman–Crippen LogP) is 2.41. The Hall–Kier alpha value is -2.75. The number of rotatable bonds is 6. The van der Waals surface area contributed by atoms with E-state index in [0.29, 0.717) is 10.8 Å². The molecule has 8 nitrogen and oxygen atoms in total. The Kier molecular flexibility index (Phi) is 6.02. The maximum atomic E-state index is 12.4. The number of carbonyl (C=O) groups is 1. The molecule has 1 aromatic heterocycles. The van der Waals surface area contributed by atoms with E-state index in [1.54, 1.807) is 48.0 Å². The van der Waals surface area contributed by atoms with Crippen molar-refractivity contribution >= 4 is 27.5 Å². The lowest BCUT2D eigenvalue weighted by atomic mass is 10.2. The highest BCUT2D eigenvalue weighted by Gasteiger charge is 2.17. The first-order chi connectivity index (χ1) is 13.7. The number of aromatic nitrogens is 3. The van der Waals surface area contributed by atoms with Crippen molar-refractivity contribution in [3.63, 3.8) is 0 Å². The SMILES string of the molecule is Cc1nc(C(=O)NCc2ccc(S(=O)(=O)N(C)C)cc2)nn1-c1ccc(Cl)cc1. The third-order valence-electron chi connectivity index (χ3n) is 4.20. The Bertz CT molecular complexity index is 1120. The van der Waals surface area contributed by atoms with Crippen molar-refractivity contribution in [3.05, 3.63) is 70.8 Å². The molecule has 0 fully saturated rings. The van der Waals surface area contributed by atoms with Crippen LogP contribution in [0, 0.1) is 6.92 Å². The Morgan fingerprint density at radius 1 is 1.10 bits per heavy atom. The van der Waals surface area contributed by atoms with Crippen LogP contribution < -0.4 is 5.32 Å². The van der Waals surface area contributed by atoms with Gasteiger partial charge in [0.2, 0.25) is 15.8 Å². The predicted molar refractivity (Wildman–Crippen MR) is 110 cm³/mol. The van der Waals surface area contributed by atoms with Crippen LogP contribution in [0.2, 0.25) is 5.02 Å². The number of benzene rings is 2. The van der Waals surface area contributed by atoms with Gasteiger partial charge in [-0.05, 0) is 48.9 Å². The van der Waals surface area contributed by atoms with Gasteiger partial charge in [-0.1, -0.05) is 23.7 Å². The summed E-state index contributed by atoms with van der Waals surface area (Å²) in [5.41, 5.74) is 1.50. The van der Waals surface area contributed by atoms with Crippen LogP contribution in [0.25, 0.3) is 5.69 Å². The molecule has 10 heteroatoms. The van der Waals surface area contributed by atoms with Gasteiger partial charge in [0.1, 0.15) is 5.82 Å². The number of hydrogen-bond acceptors (Lipinski definition) is 5. The lowest BCUT2D eigenvalue weighted by Gasteiger charge is -2.11. The number of hydrogen-bond donors (Lipinski definition) is 1. The number of nitrogens with one attached hydrogen (secondary N) is 1. The number of nitrogens with zero attached hydrogens (tertiary/aromatic N) is 4. The van der Waals surface area contributed by atoms with Crippen LogP contribution in [0.4, 0.5) is 0 Å². The van der Waals surface area contributed by atoms with Crippen LogP contribution in [0.1, 0.15) is 22.0 Å². The Balaban J connectivity index is 1.68. The molecule has 0 bridgehead atoms. The summed E-state index contributed by atoms with van der Waals surface area (Å²) >= 11 is 5.90. The summed E-state index contributed by atoms with van der Waals surface area (Å²) in [7, 11) is -0.536. The van der Waals surface area contributed by atoms with E-state index in [4.69, 9.17) is 11.6 Å². The van der Waals surface area contributed by atoms with Crippen molar-refractivity contribution in [3.8, 4) is 5.69 Å². The molecular weight excluding hydrogens is 414 g/mol. The summed E-state index contributed by atoms with van der Waals surface area (Å²) < 4.78 is 26.9. The summed E-state index contributed by atoms with van der Waals surface area (Å²) in [4.78, 5) is 16.8. The average molecular weight is 434 g/mol. The number of carbonyl (C=O) groups excluding carboxylic acids is 1. The van der Waals surface area contributed by atoms with Crippen molar-refractivity contribution in [1.82, 2.24) is 24.4 Å². The van der Waals surface area contributed by atoms with E-state index < -0.39 is 15.9 Å². The van der Waals surface area contributed by atoms with Crippen LogP contribution in [0.15, 0.2) is 53.4 Å². The molecule has 152 valence electrons.